The van der Waals surface area contributed by atoms with Crippen LogP contribution < -0.4 is 5.73 Å². The van der Waals surface area contributed by atoms with Crippen LogP contribution >= 0.6 is 0 Å². The first-order valence-electron chi connectivity index (χ1n) is 5.77. The maximum Gasteiger partial charge on any atom is 0.0165 e. The van der Waals surface area contributed by atoms with Gasteiger partial charge >= 0.3 is 0 Å². The van der Waals surface area contributed by atoms with Crippen LogP contribution in [-0.4, -0.2) is 30.1 Å². The SMILES string of the molecule is CCCCN(CC(N)CC)C1CC1. The predicted octanol–water partition coefficient (Wildman–Crippen LogP) is 1.99. The van der Waals surface area contributed by atoms with Crippen molar-refractivity contribution in [3.05, 3.63) is 0 Å². The highest BCUT2D eigenvalue weighted by molar-refractivity contribution is 4.86. The Bertz CT molecular complexity index is 132. The van der Waals surface area contributed by atoms with E-state index >= 15 is 0 Å². The van der Waals surface area contributed by atoms with Crippen molar-refractivity contribution in [1.82, 2.24) is 4.90 Å². The van der Waals surface area contributed by atoms with Crippen LogP contribution in [0.2, 0.25) is 0 Å². The van der Waals surface area contributed by atoms with Crippen LogP contribution in [0.15, 0.2) is 0 Å². The maximum atomic E-state index is 5.97. The Hall–Kier alpha value is -0.0800. The van der Waals surface area contributed by atoms with E-state index in [0.29, 0.717) is 6.04 Å². The fourth-order valence-corrected chi connectivity index (χ4v) is 1.65. The van der Waals surface area contributed by atoms with Crippen molar-refractivity contribution >= 4 is 0 Å². The molecule has 0 spiro atoms. The molecule has 78 valence electrons. The van der Waals surface area contributed by atoms with Crippen LogP contribution in [0.3, 0.4) is 0 Å². The second kappa shape index (κ2) is 5.61. The van der Waals surface area contributed by atoms with E-state index in [-0.39, 0.29) is 0 Å². The molecule has 1 saturated carbocycles. The monoisotopic (exact) mass is 184 g/mol. The van der Waals surface area contributed by atoms with Gasteiger partial charge in [0, 0.05) is 18.6 Å². The van der Waals surface area contributed by atoms with Gasteiger partial charge in [0.1, 0.15) is 0 Å². The molecule has 0 amide bonds. The van der Waals surface area contributed by atoms with E-state index in [1.165, 1.54) is 32.2 Å². The molecule has 1 rings (SSSR count). The molecular formula is C11H24N2. The second-order valence-electron chi connectivity index (χ2n) is 4.25. The molecule has 0 aliphatic heterocycles. The van der Waals surface area contributed by atoms with Crippen molar-refractivity contribution in [3.63, 3.8) is 0 Å². The van der Waals surface area contributed by atoms with Gasteiger partial charge < -0.3 is 5.73 Å². The summed E-state index contributed by atoms with van der Waals surface area (Å²) in [6.45, 7) is 6.80. The fourth-order valence-electron chi connectivity index (χ4n) is 1.65. The molecule has 13 heavy (non-hydrogen) atoms. The highest BCUT2D eigenvalue weighted by Crippen LogP contribution is 2.27. The standard InChI is InChI=1S/C11H24N2/c1-3-5-8-13(11-6-7-11)9-10(12)4-2/h10-11H,3-9,12H2,1-2H3. The molecule has 1 aliphatic carbocycles. The van der Waals surface area contributed by atoms with Crippen LogP contribution in [0.25, 0.3) is 0 Å². The van der Waals surface area contributed by atoms with Gasteiger partial charge in [0.2, 0.25) is 0 Å². The summed E-state index contributed by atoms with van der Waals surface area (Å²) >= 11 is 0. The first kappa shape index (κ1) is 11.0. The smallest absolute Gasteiger partial charge is 0.0165 e. The molecule has 2 heteroatoms. The number of rotatable bonds is 7. The number of unbranched alkanes of at least 4 members (excludes halogenated alkanes) is 1. The lowest BCUT2D eigenvalue weighted by atomic mass is 10.2. The van der Waals surface area contributed by atoms with E-state index in [4.69, 9.17) is 5.73 Å². The van der Waals surface area contributed by atoms with Crippen molar-refractivity contribution in [1.29, 1.82) is 0 Å². The Morgan fingerprint density at radius 1 is 1.38 bits per heavy atom. The van der Waals surface area contributed by atoms with Gasteiger partial charge in [-0.05, 0) is 32.2 Å². The quantitative estimate of drug-likeness (QED) is 0.655. The van der Waals surface area contributed by atoms with Gasteiger partial charge in [-0.3, -0.25) is 4.90 Å². The van der Waals surface area contributed by atoms with Gasteiger partial charge in [-0.15, -0.1) is 0 Å². The predicted molar refractivity (Wildman–Crippen MR) is 57.8 cm³/mol. The summed E-state index contributed by atoms with van der Waals surface area (Å²) in [5.41, 5.74) is 5.97. The normalized spacial score (nSPS) is 19.4. The van der Waals surface area contributed by atoms with E-state index in [2.05, 4.69) is 18.7 Å². The third-order valence-electron chi connectivity index (χ3n) is 2.86. The molecule has 2 N–H and O–H groups in total. The maximum absolute atomic E-state index is 5.97. The molecule has 0 radical (unpaired) electrons. The van der Waals surface area contributed by atoms with Crippen LogP contribution in [0, 0.1) is 0 Å². The third kappa shape index (κ3) is 4.10. The zero-order valence-corrected chi connectivity index (χ0v) is 9.13. The van der Waals surface area contributed by atoms with Crippen molar-refractivity contribution in [2.45, 2.75) is 58.0 Å². The lowest BCUT2D eigenvalue weighted by Gasteiger charge is -2.24. The molecule has 1 fully saturated rings. The van der Waals surface area contributed by atoms with Crippen LogP contribution in [-0.2, 0) is 0 Å². The largest absolute Gasteiger partial charge is 0.327 e. The first-order chi connectivity index (χ1) is 6.27. The Kier molecular flexibility index (Phi) is 4.74. The van der Waals surface area contributed by atoms with E-state index in [0.717, 1.165) is 19.0 Å². The summed E-state index contributed by atoms with van der Waals surface area (Å²) in [6.07, 6.45) is 6.53. The van der Waals surface area contributed by atoms with Gasteiger partial charge in [-0.2, -0.15) is 0 Å². The molecule has 0 heterocycles. The lowest BCUT2D eigenvalue weighted by molar-refractivity contribution is 0.241. The Labute approximate surface area is 82.5 Å². The summed E-state index contributed by atoms with van der Waals surface area (Å²) in [5.74, 6) is 0. The summed E-state index contributed by atoms with van der Waals surface area (Å²) in [4.78, 5) is 2.59. The highest BCUT2D eigenvalue weighted by Gasteiger charge is 2.28. The molecule has 1 atom stereocenters. The molecule has 0 aromatic heterocycles. The van der Waals surface area contributed by atoms with Gasteiger partial charge in [-0.1, -0.05) is 20.3 Å². The van der Waals surface area contributed by atoms with E-state index in [1.807, 2.05) is 0 Å². The number of nitrogens with zero attached hydrogens (tertiary/aromatic N) is 1. The molecule has 0 aromatic rings. The van der Waals surface area contributed by atoms with Gasteiger partial charge in [0.05, 0.1) is 0 Å². The molecule has 0 aromatic carbocycles. The van der Waals surface area contributed by atoms with Crippen LogP contribution in [0.4, 0.5) is 0 Å². The Morgan fingerprint density at radius 2 is 2.08 bits per heavy atom. The minimum atomic E-state index is 0.387. The van der Waals surface area contributed by atoms with Crippen molar-refractivity contribution < 1.29 is 0 Å². The van der Waals surface area contributed by atoms with Crippen LogP contribution in [0.5, 0.6) is 0 Å². The number of hydrogen-bond acceptors (Lipinski definition) is 2. The molecule has 1 unspecified atom stereocenters. The van der Waals surface area contributed by atoms with E-state index < -0.39 is 0 Å². The minimum absolute atomic E-state index is 0.387. The van der Waals surface area contributed by atoms with E-state index in [1.54, 1.807) is 0 Å². The summed E-state index contributed by atoms with van der Waals surface area (Å²) in [7, 11) is 0. The summed E-state index contributed by atoms with van der Waals surface area (Å²) in [5, 5.41) is 0. The zero-order chi connectivity index (χ0) is 9.68. The van der Waals surface area contributed by atoms with Gasteiger partial charge in [0.15, 0.2) is 0 Å². The minimum Gasteiger partial charge on any atom is -0.327 e. The van der Waals surface area contributed by atoms with Gasteiger partial charge in [0.25, 0.3) is 0 Å². The molecule has 2 nitrogen and oxygen atoms in total. The average Bonchev–Trinajstić information content (AvgIpc) is 2.94. The zero-order valence-electron chi connectivity index (χ0n) is 9.13. The second-order valence-corrected chi connectivity index (χ2v) is 4.25. The highest BCUT2D eigenvalue weighted by atomic mass is 15.2. The Morgan fingerprint density at radius 3 is 2.54 bits per heavy atom. The first-order valence-corrected chi connectivity index (χ1v) is 5.77. The molecule has 0 bridgehead atoms. The lowest BCUT2D eigenvalue weighted by Crippen LogP contribution is -2.39. The van der Waals surface area contributed by atoms with Crippen molar-refractivity contribution in [2.75, 3.05) is 13.1 Å². The van der Waals surface area contributed by atoms with Crippen LogP contribution in [0.1, 0.15) is 46.0 Å². The topological polar surface area (TPSA) is 29.3 Å². The van der Waals surface area contributed by atoms with Crippen molar-refractivity contribution in [2.24, 2.45) is 5.73 Å². The number of hydrogen-bond donors (Lipinski definition) is 1. The van der Waals surface area contributed by atoms with Gasteiger partial charge in [-0.25, -0.2) is 0 Å². The summed E-state index contributed by atoms with van der Waals surface area (Å²) in [6, 6.07) is 1.27. The third-order valence-corrected chi connectivity index (χ3v) is 2.86. The fraction of sp³-hybridized carbons (Fsp3) is 1.00. The molecular weight excluding hydrogens is 160 g/mol. The molecule has 1 aliphatic rings. The summed E-state index contributed by atoms with van der Waals surface area (Å²) < 4.78 is 0. The average molecular weight is 184 g/mol. The van der Waals surface area contributed by atoms with Crippen molar-refractivity contribution in [3.8, 4) is 0 Å². The Balaban J connectivity index is 2.20. The molecule has 0 saturated heterocycles. The van der Waals surface area contributed by atoms with E-state index in [9.17, 15) is 0 Å². The number of nitrogens with two attached hydrogens (primary N) is 1.